The van der Waals surface area contributed by atoms with Gasteiger partial charge in [-0.25, -0.2) is 14.0 Å². The minimum absolute atomic E-state index is 0.0230. The van der Waals surface area contributed by atoms with Crippen molar-refractivity contribution in [1.82, 2.24) is 9.47 Å². The van der Waals surface area contributed by atoms with Gasteiger partial charge in [0.1, 0.15) is 5.60 Å². The molecule has 0 unspecified atom stereocenters. The minimum Gasteiger partial charge on any atom is -0.466 e. The van der Waals surface area contributed by atoms with Crippen molar-refractivity contribution in [2.45, 2.75) is 65.5 Å². The fourth-order valence-corrected chi connectivity index (χ4v) is 4.44. The van der Waals surface area contributed by atoms with E-state index in [-0.39, 0.29) is 37.4 Å². The molecule has 0 bridgehead atoms. The average Bonchev–Trinajstić information content (AvgIpc) is 3.11. The molecule has 2 heterocycles. The van der Waals surface area contributed by atoms with Gasteiger partial charge in [0.05, 0.1) is 24.2 Å². The Bertz CT molecular complexity index is 1100. The highest BCUT2D eigenvalue weighted by Crippen LogP contribution is 2.35. The number of amides is 3. The summed E-state index contributed by atoms with van der Waals surface area (Å²) in [4.78, 5) is 38.9. The maximum absolute atomic E-state index is 15.7. The molecule has 192 valence electrons. The summed E-state index contributed by atoms with van der Waals surface area (Å²) in [6.07, 6.45) is 2.90. The lowest BCUT2D eigenvalue weighted by atomic mass is 10.0. The van der Waals surface area contributed by atoms with Crippen molar-refractivity contribution in [2.24, 2.45) is 5.73 Å². The summed E-state index contributed by atoms with van der Waals surface area (Å²) in [5.74, 6) is -1.05. The molecule has 35 heavy (non-hydrogen) atoms. The second-order valence-electron chi connectivity index (χ2n) is 9.76. The fraction of sp³-hybridized carbons (Fsp3) is 0.560. The Hall–Kier alpha value is -3.30. The van der Waals surface area contributed by atoms with Crippen molar-refractivity contribution in [3.05, 3.63) is 29.7 Å². The summed E-state index contributed by atoms with van der Waals surface area (Å²) >= 11 is 0. The normalized spacial score (nSPS) is 14.7. The topological polar surface area (TPSA) is 107 Å². The first-order chi connectivity index (χ1) is 16.4. The van der Waals surface area contributed by atoms with Gasteiger partial charge >= 0.3 is 18.1 Å². The van der Waals surface area contributed by atoms with E-state index in [0.29, 0.717) is 36.8 Å². The van der Waals surface area contributed by atoms with Gasteiger partial charge in [0.15, 0.2) is 5.82 Å². The number of carbonyl (C=O) groups is 3. The summed E-state index contributed by atoms with van der Waals surface area (Å²) in [5.41, 5.74) is 6.40. The quantitative estimate of drug-likeness (QED) is 0.600. The average molecular weight is 491 g/mol. The molecule has 1 aliphatic rings. The van der Waals surface area contributed by atoms with E-state index in [1.807, 2.05) is 38.5 Å². The molecule has 3 amide bonds. The lowest BCUT2D eigenvalue weighted by Gasteiger charge is -2.34. The van der Waals surface area contributed by atoms with Crippen LogP contribution in [0.15, 0.2) is 18.3 Å². The molecule has 0 radical (unpaired) electrons. The van der Waals surface area contributed by atoms with E-state index in [4.69, 9.17) is 15.2 Å². The molecule has 2 N–H and O–H groups in total. The van der Waals surface area contributed by atoms with Crippen molar-refractivity contribution in [3.63, 3.8) is 0 Å². The van der Waals surface area contributed by atoms with E-state index in [9.17, 15) is 14.4 Å². The maximum atomic E-state index is 15.7. The van der Waals surface area contributed by atoms with E-state index in [1.54, 1.807) is 17.9 Å². The molecule has 10 heteroatoms. The predicted molar refractivity (Wildman–Crippen MR) is 131 cm³/mol. The molecule has 1 aliphatic heterocycles. The minimum atomic E-state index is -0.848. The third-order valence-corrected chi connectivity index (χ3v) is 6.02. The van der Waals surface area contributed by atoms with Crippen LogP contribution >= 0.6 is 0 Å². The number of nitrogens with zero attached hydrogens (tertiary/aromatic N) is 3. The van der Waals surface area contributed by atoms with Crippen LogP contribution in [0.3, 0.4) is 0 Å². The SMILES string of the molecule is CCOC(=O)CCN(C(N)=O)c1ccc2c(c(C)cn2C2CCN(C(=O)OC(C)(C)C)CC2)c1F. The van der Waals surface area contributed by atoms with Crippen LogP contribution in [-0.2, 0) is 14.3 Å². The summed E-state index contributed by atoms with van der Waals surface area (Å²) < 4.78 is 28.1. The van der Waals surface area contributed by atoms with Crippen LogP contribution < -0.4 is 10.6 Å². The number of hydrogen-bond acceptors (Lipinski definition) is 5. The third kappa shape index (κ3) is 6.04. The molecular weight excluding hydrogens is 455 g/mol. The van der Waals surface area contributed by atoms with Crippen LogP contribution in [0.5, 0.6) is 0 Å². The number of primary amides is 1. The molecule has 0 aliphatic carbocycles. The Morgan fingerprint density at radius 3 is 2.43 bits per heavy atom. The van der Waals surface area contributed by atoms with Crippen molar-refractivity contribution >= 4 is 34.7 Å². The molecule has 0 saturated carbocycles. The van der Waals surface area contributed by atoms with Gasteiger partial charge in [-0.15, -0.1) is 0 Å². The molecule has 0 spiro atoms. The molecular formula is C25H35FN4O5. The van der Waals surface area contributed by atoms with Crippen molar-refractivity contribution < 1.29 is 28.2 Å². The largest absolute Gasteiger partial charge is 0.466 e. The number of carbonyl (C=O) groups excluding carboxylic acids is 3. The molecule has 1 aromatic heterocycles. The van der Waals surface area contributed by atoms with Gasteiger partial charge in [0.25, 0.3) is 0 Å². The number of anilines is 1. The first kappa shape index (κ1) is 26.3. The molecule has 3 rings (SSSR count). The van der Waals surface area contributed by atoms with Gasteiger partial charge < -0.3 is 24.7 Å². The van der Waals surface area contributed by atoms with Crippen LogP contribution in [0.25, 0.3) is 10.9 Å². The summed E-state index contributed by atoms with van der Waals surface area (Å²) in [6.45, 7) is 10.2. The number of halogens is 1. The zero-order valence-corrected chi connectivity index (χ0v) is 21.1. The number of piperidine rings is 1. The monoisotopic (exact) mass is 490 g/mol. The summed E-state index contributed by atoms with van der Waals surface area (Å²) in [6, 6.07) is 2.52. The number of ether oxygens (including phenoxy) is 2. The molecule has 0 atom stereocenters. The highest BCUT2D eigenvalue weighted by atomic mass is 19.1. The molecule has 1 fully saturated rings. The predicted octanol–water partition coefficient (Wildman–Crippen LogP) is 4.50. The highest BCUT2D eigenvalue weighted by Gasteiger charge is 2.29. The zero-order chi connectivity index (χ0) is 25.9. The van der Waals surface area contributed by atoms with E-state index in [1.165, 1.54) is 6.07 Å². The van der Waals surface area contributed by atoms with Gasteiger partial charge in [-0.3, -0.25) is 9.69 Å². The van der Waals surface area contributed by atoms with Crippen LogP contribution in [0.4, 0.5) is 19.7 Å². The van der Waals surface area contributed by atoms with Crippen molar-refractivity contribution in [3.8, 4) is 0 Å². The van der Waals surface area contributed by atoms with E-state index in [2.05, 4.69) is 0 Å². The fourth-order valence-electron chi connectivity index (χ4n) is 4.44. The number of fused-ring (bicyclic) bond motifs is 1. The number of aryl methyl sites for hydroxylation is 1. The van der Waals surface area contributed by atoms with Gasteiger partial charge in [-0.05, 0) is 65.2 Å². The lowest BCUT2D eigenvalue weighted by molar-refractivity contribution is -0.142. The number of hydrogen-bond donors (Lipinski definition) is 1. The summed E-state index contributed by atoms with van der Waals surface area (Å²) in [7, 11) is 0. The second-order valence-corrected chi connectivity index (χ2v) is 9.76. The van der Waals surface area contributed by atoms with Gasteiger partial charge in [-0.1, -0.05) is 0 Å². The number of likely N-dealkylation sites (tertiary alicyclic amines) is 1. The number of aromatic nitrogens is 1. The van der Waals surface area contributed by atoms with Gasteiger partial charge in [-0.2, -0.15) is 0 Å². The first-order valence-electron chi connectivity index (χ1n) is 11.9. The number of esters is 1. The molecule has 1 aromatic carbocycles. The highest BCUT2D eigenvalue weighted by molar-refractivity contribution is 5.96. The maximum Gasteiger partial charge on any atom is 0.410 e. The Labute approximate surface area is 204 Å². The summed E-state index contributed by atoms with van der Waals surface area (Å²) in [5, 5.41) is 0.402. The van der Waals surface area contributed by atoms with E-state index >= 15 is 4.39 Å². The Kier molecular flexibility index (Phi) is 7.92. The molecule has 1 saturated heterocycles. The first-order valence-corrected chi connectivity index (χ1v) is 11.9. The molecule has 9 nitrogen and oxygen atoms in total. The van der Waals surface area contributed by atoms with Crippen LogP contribution in [-0.4, -0.2) is 59.4 Å². The Balaban J connectivity index is 1.81. The Morgan fingerprint density at radius 2 is 1.86 bits per heavy atom. The van der Waals surface area contributed by atoms with Gasteiger partial charge in [0.2, 0.25) is 0 Å². The number of urea groups is 1. The van der Waals surface area contributed by atoms with Gasteiger partial charge in [0, 0.05) is 37.3 Å². The van der Waals surface area contributed by atoms with E-state index < -0.39 is 23.4 Å². The number of nitrogens with two attached hydrogens (primary N) is 1. The lowest BCUT2D eigenvalue weighted by Crippen LogP contribution is -2.42. The number of rotatable bonds is 6. The smallest absolute Gasteiger partial charge is 0.410 e. The number of benzene rings is 1. The van der Waals surface area contributed by atoms with Crippen LogP contribution in [0.1, 0.15) is 58.6 Å². The van der Waals surface area contributed by atoms with Crippen molar-refractivity contribution in [1.29, 1.82) is 0 Å². The molecule has 2 aromatic rings. The zero-order valence-electron chi connectivity index (χ0n) is 21.1. The Morgan fingerprint density at radius 1 is 1.20 bits per heavy atom. The third-order valence-electron chi connectivity index (χ3n) is 6.02. The van der Waals surface area contributed by atoms with Crippen LogP contribution in [0.2, 0.25) is 0 Å². The van der Waals surface area contributed by atoms with Crippen molar-refractivity contribution in [2.75, 3.05) is 31.1 Å². The second kappa shape index (κ2) is 10.5. The standard InChI is InChI=1S/C25H35FN4O5/c1-6-34-20(31)11-14-29(23(27)32)19-8-7-18-21(22(19)26)16(2)15-30(18)17-9-12-28(13-10-17)24(33)35-25(3,4)5/h7-8,15,17H,6,9-14H2,1-5H3,(H2,27,32). The van der Waals surface area contributed by atoms with E-state index in [0.717, 1.165) is 10.5 Å². The van der Waals surface area contributed by atoms with Crippen LogP contribution in [0, 0.1) is 12.7 Å².